The molecule has 1 heterocycles. The van der Waals surface area contributed by atoms with Gasteiger partial charge in [0.25, 0.3) is 0 Å². The summed E-state index contributed by atoms with van der Waals surface area (Å²) in [4.78, 5) is 15.7. The number of hydrogen-bond donors (Lipinski definition) is 1. The summed E-state index contributed by atoms with van der Waals surface area (Å²) in [6, 6.07) is 6.71. The number of aliphatic hydroxyl groups is 1. The highest BCUT2D eigenvalue weighted by Crippen LogP contribution is 2.21. The molecule has 92 valence electrons. The lowest BCUT2D eigenvalue weighted by molar-refractivity contribution is -0.126. The first-order chi connectivity index (χ1) is 8.13. The number of anilines is 1. The Kier molecular flexibility index (Phi) is 3.66. The van der Waals surface area contributed by atoms with Gasteiger partial charge in [-0.1, -0.05) is 11.6 Å². The van der Waals surface area contributed by atoms with Crippen LogP contribution in [0, 0.1) is 0 Å². The van der Waals surface area contributed by atoms with Crippen molar-refractivity contribution in [3.8, 4) is 0 Å². The number of nitrogens with zero attached hydrogens (tertiary/aromatic N) is 2. The SMILES string of the molecule is CN1CCN(c2ccc(Cl)cc2)C(=O)C1CO. The van der Waals surface area contributed by atoms with Crippen molar-refractivity contribution in [3.63, 3.8) is 0 Å². The van der Waals surface area contributed by atoms with E-state index in [1.54, 1.807) is 17.0 Å². The zero-order chi connectivity index (χ0) is 12.4. The van der Waals surface area contributed by atoms with E-state index in [1.807, 2.05) is 24.1 Å². The van der Waals surface area contributed by atoms with E-state index in [9.17, 15) is 9.90 Å². The molecule has 0 aromatic heterocycles. The fraction of sp³-hybridized carbons (Fsp3) is 0.417. The van der Waals surface area contributed by atoms with Crippen molar-refractivity contribution in [2.75, 3.05) is 31.6 Å². The Morgan fingerprint density at radius 2 is 2.00 bits per heavy atom. The molecule has 1 aliphatic rings. The van der Waals surface area contributed by atoms with Crippen LogP contribution in [0.3, 0.4) is 0 Å². The van der Waals surface area contributed by atoms with Crippen LogP contribution in [0.5, 0.6) is 0 Å². The molecule has 2 rings (SSSR count). The summed E-state index contributed by atoms with van der Waals surface area (Å²) < 4.78 is 0. The normalized spacial score (nSPS) is 21.9. The van der Waals surface area contributed by atoms with Gasteiger partial charge in [0.15, 0.2) is 0 Å². The lowest BCUT2D eigenvalue weighted by Crippen LogP contribution is -2.57. The van der Waals surface area contributed by atoms with Crippen LogP contribution >= 0.6 is 11.6 Å². The molecule has 0 saturated carbocycles. The standard InChI is InChI=1S/C12H15ClN2O2/c1-14-6-7-15(12(17)11(14)8-16)10-4-2-9(13)3-5-10/h2-5,11,16H,6-8H2,1H3. The van der Waals surface area contributed by atoms with Crippen molar-refractivity contribution in [2.45, 2.75) is 6.04 Å². The third kappa shape index (κ3) is 2.44. The number of hydrogen-bond acceptors (Lipinski definition) is 3. The van der Waals surface area contributed by atoms with Crippen molar-refractivity contribution in [2.24, 2.45) is 0 Å². The Hall–Kier alpha value is -1.10. The molecule has 4 nitrogen and oxygen atoms in total. The largest absolute Gasteiger partial charge is 0.394 e. The molecular weight excluding hydrogens is 240 g/mol. The molecule has 1 N–H and O–H groups in total. The van der Waals surface area contributed by atoms with E-state index in [0.717, 1.165) is 12.2 Å². The Balaban J connectivity index is 2.22. The lowest BCUT2D eigenvalue weighted by atomic mass is 10.1. The third-order valence-corrected chi connectivity index (χ3v) is 3.32. The molecule has 1 saturated heterocycles. The highest BCUT2D eigenvalue weighted by atomic mass is 35.5. The zero-order valence-corrected chi connectivity index (χ0v) is 10.4. The number of amides is 1. The van der Waals surface area contributed by atoms with Gasteiger partial charge < -0.3 is 10.0 Å². The molecule has 1 aliphatic heterocycles. The van der Waals surface area contributed by atoms with E-state index in [0.29, 0.717) is 11.6 Å². The van der Waals surface area contributed by atoms with Crippen LogP contribution < -0.4 is 4.90 Å². The minimum atomic E-state index is -0.445. The number of piperazine rings is 1. The maximum absolute atomic E-state index is 12.1. The van der Waals surface area contributed by atoms with Gasteiger partial charge in [-0.15, -0.1) is 0 Å². The van der Waals surface area contributed by atoms with Crippen LogP contribution in [-0.2, 0) is 4.79 Å². The van der Waals surface area contributed by atoms with Gasteiger partial charge >= 0.3 is 0 Å². The maximum Gasteiger partial charge on any atom is 0.246 e. The molecule has 5 heteroatoms. The van der Waals surface area contributed by atoms with Gasteiger partial charge in [0, 0.05) is 23.8 Å². The minimum absolute atomic E-state index is 0.0661. The number of rotatable bonds is 2. The molecule has 0 spiro atoms. The average molecular weight is 255 g/mol. The highest BCUT2D eigenvalue weighted by Gasteiger charge is 2.32. The van der Waals surface area contributed by atoms with Gasteiger partial charge in [-0.3, -0.25) is 9.69 Å². The molecular formula is C12H15ClN2O2. The van der Waals surface area contributed by atoms with Gasteiger partial charge in [-0.25, -0.2) is 0 Å². The van der Waals surface area contributed by atoms with Gasteiger partial charge in [0.1, 0.15) is 6.04 Å². The van der Waals surface area contributed by atoms with E-state index >= 15 is 0 Å². The average Bonchev–Trinajstić information content (AvgIpc) is 2.31. The summed E-state index contributed by atoms with van der Waals surface area (Å²) in [7, 11) is 1.85. The molecule has 0 aliphatic carbocycles. The summed E-state index contributed by atoms with van der Waals surface area (Å²) in [6.07, 6.45) is 0. The zero-order valence-electron chi connectivity index (χ0n) is 9.64. The first kappa shape index (κ1) is 12.4. The second-order valence-electron chi connectivity index (χ2n) is 4.15. The minimum Gasteiger partial charge on any atom is -0.394 e. The Bertz CT molecular complexity index is 407. The number of halogens is 1. The Morgan fingerprint density at radius 1 is 1.35 bits per heavy atom. The van der Waals surface area contributed by atoms with Crippen LogP contribution in [-0.4, -0.2) is 48.7 Å². The monoisotopic (exact) mass is 254 g/mol. The van der Waals surface area contributed by atoms with E-state index in [1.165, 1.54) is 0 Å². The predicted molar refractivity (Wildman–Crippen MR) is 67.3 cm³/mol. The van der Waals surface area contributed by atoms with E-state index < -0.39 is 6.04 Å². The number of aliphatic hydroxyl groups excluding tert-OH is 1. The fourth-order valence-corrected chi connectivity index (χ4v) is 2.11. The number of carbonyl (C=O) groups excluding carboxylic acids is 1. The lowest BCUT2D eigenvalue weighted by Gasteiger charge is -2.37. The third-order valence-electron chi connectivity index (χ3n) is 3.07. The first-order valence-electron chi connectivity index (χ1n) is 5.51. The maximum atomic E-state index is 12.1. The smallest absolute Gasteiger partial charge is 0.246 e. The van der Waals surface area contributed by atoms with Crippen molar-refractivity contribution in [1.82, 2.24) is 4.90 Å². The second kappa shape index (κ2) is 5.04. The van der Waals surface area contributed by atoms with Crippen LogP contribution in [0.1, 0.15) is 0 Å². The fourth-order valence-electron chi connectivity index (χ4n) is 1.99. The molecule has 0 radical (unpaired) electrons. The summed E-state index contributed by atoms with van der Waals surface area (Å²) >= 11 is 5.81. The topological polar surface area (TPSA) is 43.8 Å². The summed E-state index contributed by atoms with van der Waals surface area (Å²) in [6.45, 7) is 1.23. The van der Waals surface area contributed by atoms with Crippen molar-refractivity contribution >= 4 is 23.2 Å². The molecule has 17 heavy (non-hydrogen) atoms. The van der Waals surface area contributed by atoms with E-state index in [-0.39, 0.29) is 12.5 Å². The van der Waals surface area contributed by atoms with Crippen molar-refractivity contribution in [3.05, 3.63) is 29.3 Å². The predicted octanol–water partition coefficient (Wildman–Crippen LogP) is 0.979. The van der Waals surface area contributed by atoms with Crippen LogP contribution in [0.2, 0.25) is 5.02 Å². The van der Waals surface area contributed by atoms with Gasteiger partial charge in [-0.05, 0) is 31.3 Å². The van der Waals surface area contributed by atoms with Crippen molar-refractivity contribution in [1.29, 1.82) is 0 Å². The van der Waals surface area contributed by atoms with Crippen LogP contribution in [0.25, 0.3) is 0 Å². The van der Waals surface area contributed by atoms with Gasteiger partial charge in [0.2, 0.25) is 5.91 Å². The number of carbonyl (C=O) groups is 1. The Morgan fingerprint density at radius 3 is 2.59 bits per heavy atom. The van der Waals surface area contributed by atoms with Gasteiger partial charge in [-0.2, -0.15) is 0 Å². The molecule has 0 bridgehead atoms. The summed E-state index contributed by atoms with van der Waals surface area (Å²) in [5.41, 5.74) is 0.825. The quantitative estimate of drug-likeness (QED) is 0.856. The summed E-state index contributed by atoms with van der Waals surface area (Å²) in [5, 5.41) is 9.88. The molecule has 1 aromatic carbocycles. The molecule has 1 aromatic rings. The van der Waals surface area contributed by atoms with Crippen LogP contribution in [0.4, 0.5) is 5.69 Å². The van der Waals surface area contributed by atoms with Gasteiger partial charge in [0.05, 0.1) is 6.61 Å². The molecule has 1 amide bonds. The number of benzene rings is 1. The Labute approximate surface area is 105 Å². The molecule has 1 unspecified atom stereocenters. The molecule has 1 fully saturated rings. The summed E-state index contributed by atoms with van der Waals surface area (Å²) in [5.74, 6) is -0.0661. The number of likely N-dealkylation sites (N-methyl/N-ethyl adjacent to an activating group) is 1. The van der Waals surface area contributed by atoms with Crippen molar-refractivity contribution < 1.29 is 9.90 Å². The second-order valence-corrected chi connectivity index (χ2v) is 4.58. The van der Waals surface area contributed by atoms with Crippen LogP contribution in [0.15, 0.2) is 24.3 Å². The first-order valence-corrected chi connectivity index (χ1v) is 5.89. The molecule has 1 atom stereocenters. The highest BCUT2D eigenvalue weighted by molar-refractivity contribution is 6.30. The van der Waals surface area contributed by atoms with E-state index in [2.05, 4.69) is 0 Å². The van der Waals surface area contributed by atoms with E-state index in [4.69, 9.17) is 11.6 Å².